The zero-order chi connectivity index (χ0) is 24.0. The Morgan fingerprint density at radius 3 is 2.56 bits per heavy atom. The number of aryl methyl sites for hydroxylation is 1. The van der Waals surface area contributed by atoms with Gasteiger partial charge < -0.3 is 29.2 Å². The van der Waals surface area contributed by atoms with Crippen molar-refractivity contribution in [1.29, 1.82) is 0 Å². The SMILES string of the molecule is COc1ccc(OC)c(C2C3=C(CC(c4ccc(O)c(OC)c4)CC3=O)Nc3onc(C)c32)c1. The van der Waals surface area contributed by atoms with E-state index in [1.54, 1.807) is 26.4 Å². The van der Waals surface area contributed by atoms with Crippen LogP contribution in [0.5, 0.6) is 23.0 Å². The van der Waals surface area contributed by atoms with Crippen molar-refractivity contribution in [1.82, 2.24) is 5.16 Å². The zero-order valence-electron chi connectivity index (χ0n) is 19.5. The van der Waals surface area contributed by atoms with Crippen LogP contribution in [0.25, 0.3) is 0 Å². The number of benzene rings is 2. The molecule has 2 N–H and O–H groups in total. The second-order valence-corrected chi connectivity index (χ2v) is 8.53. The number of ether oxygens (including phenoxy) is 3. The van der Waals surface area contributed by atoms with Gasteiger partial charge in [0.15, 0.2) is 17.3 Å². The number of aromatic hydroxyl groups is 1. The summed E-state index contributed by atoms with van der Waals surface area (Å²) in [5.41, 5.74) is 4.76. The predicted octanol–water partition coefficient (Wildman–Crippen LogP) is 4.67. The molecule has 0 bridgehead atoms. The van der Waals surface area contributed by atoms with Crippen molar-refractivity contribution in [2.75, 3.05) is 26.6 Å². The van der Waals surface area contributed by atoms with Crippen molar-refractivity contribution < 1.29 is 28.6 Å². The first-order valence-electron chi connectivity index (χ1n) is 11.0. The van der Waals surface area contributed by atoms with Crippen molar-refractivity contribution in [3.8, 4) is 23.0 Å². The predicted molar refractivity (Wildman–Crippen MR) is 125 cm³/mol. The van der Waals surface area contributed by atoms with E-state index in [1.165, 1.54) is 7.11 Å². The molecule has 0 fully saturated rings. The van der Waals surface area contributed by atoms with E-state index < -0.39 is 5.92 Å². The third-order valence-electron chi connectivity index (χ3n) is 6.68. The van der Waals surface area contributed by atoms with Gasteiger partial charge in [0, 0.05) is 23.3 Å². The summed E-state index contributed by atoms with van der Waals surface area (Å²) in [6, 6.07) is 10.8. The number of nitrogens with zero attached hydrogens (tertiary/aromatic N) is 1. The lowest BCUT2D eigenvalue weighted by molar-refractivity contribution is -0.116. The fourth-order valence-electron chi connectivity index (χ4n) is 5.03. The number of ketones is 1. The van der Waals surface area contributed by atoms with Crippen LogP contribution >= 0.6 is 0 Å². The molecule has 3 aromatic rings. The molecule has 0 radical (unpaired) electrons. The van der Waals surface area contributed by atoms with Crippen LogP contribution in [0.1, 0.15) is 47.1 Å². The minimum atomic E-state index is -0.398. The van der Waals surface area contributed by atoms with E-state index in [9.17, 15) is 9.90 Å². The minimum Gasteiger partial charge on any atom is -0.504 e. The highest BCUT2D eigenvalue weighted by Gasteiger charge is 2.42. The molecule has 1 aliphatic heterocycles. The number of nitrogens with one attached hydrogen (secondary N) is 1. The molecule has 176 valence electrons. The molecule has 2 heterocycles. The number of phenolic OH excluding ortho intramolecular Hbond substituents is 1. The maximum Gasteiger partial charge on any atom is 0.233 e. The van der Waals surface area contributed by atoms with Crippen molar-refractivity contribution in [3.05, 3.63) is 70.1 Å². The number of carbonyl (C=O) groups excluding carboxylic acids is 1. The van der Waals surface area contributed by atoms with Gasteiger partial charge in [-0.3, -0.25) is 4.79 Å². The van der Waals surface area contributed by atoms with E-state index in [2.05, 4.69) is 10.5 Å². The van der Waals surface area contributed by atoms with E-state index in [0.717, 1.165) is 22.4 Å². The second-order valence-electron chi connectivity index (χ2n) is 8.53. The maximum atomic E-state index is 13.7. The fraction of sp³-hybridized carbons (Fsp3) is 0.308. The molecule has 1 aliphatic carbocycles. The lowest BCUT2D eigenvalue weighted by Crippen LogP contribution is -2.29. The summed E-state index contributed by atoms with van der Waals surface area (Å²) in [7, 11) is 4.73. The van der Waals surface area contributed by atoms with Crippen molar-refractivity contribution in [2.24, 2.45) is 0 Å². The highest BCUT2D eigenvalue weighted by Crippen LogP contribution is 2.51. The van der Waals surface area contributed by atoms with Gasteiger partial charge in [0.2, 0.25) is 5.88 Å². The largest absolute Gasteiger partial charge is 0.504 e. The Hall–Kier alpha value is -3.94. The van der Waals surface area contributed by atoms with E-state index in [-0.39, 0.29) is 17.5 Å². The van der Waals surface area contributed by atoms with E-state index in [0.29, 0.717) is 47.2 Å². The number of aromatic nitrogens is 1. The molecule has 0 spiro atoms. The molecule has 34 heavy (non-hydrogen) atoms. The summed E-state index contributed by atoms with van der Waals surface area (Å²) < 4.78 is 22.0. The smallest absolute Gasteiger partial charge is 0.233 e. The summed E-state index contributed by atoms with van der Waals surface area (Å²) in [6.07, 6.45) is 0.924. The number of anilines is 1. The fourth-order valence-corrected chi connectivity index (χ4v) is 5.03. The average Bonchev–Trinajstić information content (AvgIpc) is 3.22. The lowest BCUT2D eigenvalue weighted by atomic mass is 9.72. The summed E-state index contributed by atoms with van der Waals surface area (Å²) in [4.78, 5) is 13.7. The normalized spacial score (nSPS) is 19.2. The molecule has 2 aromatic carbocycles. The van der Waals surface area contributed by atoms with Crippen molar-refractivity contribution in [3.63, 3.8) is 0 Å². The van der Waals surface area contributed by atoms with Gasteiger partial charge in [-0.15, -0.1) is 0 Å². The van der Waals surface area contributed by atoms with Crippen molar-refractivity contribution in [2.45, 2.75) is 31.6 Å². The summed E-state index contributed by atoms with van der Waals surface area (Å²) in [6.45, 7) is 1.87. The first-order valence-corrected chi connectivity index (χ1v) is 11.0. The number of rotatable bonds is 5. The molecular weight excluding hydrogens is 436 g/mol. The van der Waals surface area contributed by atoms with Gasteiger partial charge >= 0.3 is 0 Å². The van der Waals surface area contributed by atoms with Crippen LogP contribution in [0.4, 0.5) is 5.88 Å². The minimum absolute atomic E-state index is 0.0342. The molecule has 2 unspecified atom stereocenters. The maximum absolute atomic E-state index is 13.7. The van der Waals surface area contributed by atoms with Crippen LogP contribution in [0.2, 0.25) is 0 Å². The van der Waals surface area contributed by atoms with Crippen molar-refractivity contribution >= 4 is 11.7 Å². The number of phenols is 1. The van der Waals surface area contributed by atoms with Gasteiger partial charge in [-0.05, 0) is 55.2 Å². The number of carbonyl (C=O) groups is 1. The topological polar surface area (TPSA) is 103 Å². The van der Waals surface area contributed by atoms with E-state index in [4.69, 9.17) is 18.7 Å². The Kier molecular flexibility index (Phi) is 5.43. The van der Waals surface area contributed by atoms with Crippen LogP contribution in [0.3, 0.4) is 0 Å². The van der Waals surface area contributed by atoms with Gasteiger partial charge in [0.05, 0.1) is 38.5 Å². The number of fused-ring (bicyclic) bond motifs is 1. The number of hydrogen-bond acceptors (Lipinski definition) is 8. The first kappa shape index (κ1) is 21.9. The number of hydrogen-bond donors (Lipinski definition) is 2. The Morgan fingerprint density at radius 1 is 1.03 bits per heavy atom. The monoisotopic (exact) mass is 462 g/mol. The molecule has 0 saturated heterocycles. The quantitative estimate of drug-likeness (QED) is 0.564. The number of allylic oxidation sites excluding steroid dienone is 2. The average molecular weight is 463 g/mol. The molecule has 0 saturated carbocycles. The first-order chi connectivity index (χ1) is 16.4. The molecule has 2 aliphatic rings. The van der Waals surface area contributed by atoms with Crippen LogP contribution < -0.4 is 19.5 Å². The molecule has 1 aromatic heterocycles. The van der Waals surface area contributed by atoms with Crippen LogP contribution in [-0.2, 0) is 4.79 Å². The van der Waals surface area contributed by atoms with Gasteiger partial charge in [-0.2, -0.15) is 0 Å². The second kappa shape index (κ2) is 8.44. The van der Waals surface area contributed by atoms with Crippen LogP contribution in [0, 0.1) is 6.92 Å². The standard InChI is InChI=1S/C26H26N2O6/c1-13-23-24(17-12-16(31-2)6-8-21(17)32-3)25-18(27-26(23)34-28-13)9-15(10-20(25)30)14-5-7-19(29)22(11-14)33-4/h5-8,11-12,15,24,27,29H,9-10H2,1-4H3. The Morgan fingerprint density at radius 2 is 1.82 bits per heavy atom. The Bertz CT molecular complexity index is 1310. The highest BCUT2D eigenvalue weighted by atomic mass is 16.5. The summed E-state index contributed by atoms with van der Waals surface area (Å²) in [5, 5.41) is 17.5. The van der Waals surface area contributed by atoms with E-state index >= 15 is 0 Å². The third kappa shape index (κ3) is 3.46. The Labute approximate surface area is 197 Å². The number of methoxy groups -OCH3 is 3. The third-order valence-corrected chi connectivity index (χ3v) is 6.68. The van der Waals surface area contributed by atoms with Gasteiger partial charge in [-0.1, -0.05) is 11.2 Å². The summed E-state index contributed by atoms with van der Waals surface area (Å²) in [5.74, 6) is 1.87. The zero-order valence-corrected chi connectivity index (χ0v) is 19.5. The summed E-state index contributed by atoms with van der Waals surface area (Å²) >= 11 is 0. The van der Waals surface area contributed by atoms with Gasteiger partial charge in [0.1, 0.15) is 11.5 Å². The Balaban J connectivity index is 1.64. The highest BCUT2D eigenvalue weighted by molar-refractivity contribution is 6.01. The lowest BCUT2D eigenvalue weighted by Gasteiger charge is -2.35. The molecule has 8 nitrogen and oxygen atoms in total. The van der Waals surface area contributed by atoms with Crippen LogP contribution in [0.15, 0.2) is 52.2 Å². The van der Waals surface area contributed by atoms with Gasteiger partial charge in [0.25, 0.3) is 0 Å². The molecule has 2 atom stereocenters. The molecule has 5 rings (SSSR count). The number of Topliss-reactive ketones (excluding diaryl/α,β-unsaturated/α-hetero) is 1. The van der Waals surface area contributed by atoms with E-state index in [1.807, 2.05) is 31.2 Å². The molecule has 0 amide bonds. The van der Waals surface area contributed by atoms with Gasteiger partial charge in [-0.25, -0.2) is 0 Å². The molecular formula is C26H26N2O6. The van der Waals surface area contributed by atoms with Crippen LogP contribution in [-0.4, -0.2) is 37.4 Å². The molecule has 8 heteroatoms.